The molecule has 2 rings (SSSR count). The number of nitrogens with zero attached hydrogens (tertiary/aromatic N) is 1. The minimum absolute atomic E-state index is 0.196. The van der Waals surface area contributed by atoms with Crippen LogP contribution < -0.4 is 10.5 Å². The van der Waals surface area contributed by atoms with Gasteiger partial charge in [0.15, 0.2) is 0 Å². The van der Waals surface area contributed by atoms with Crippen LogP contribution in [0.25, 0.3) is 0 Å². The zero-order chi connectivity index (χ0) is 14.6. The zero-order valence-electron chi connectivity index (χ0n) is 11.3. The summed E-state index contributed by atoms with van der Waals surface area (Å²) in [7, 11) is -3.74. The van der Waals surface area contributed by atoms with Gasteiger partial charge in [-0.15, -0.1) is 0 Å². The number of hydrogen-bond acceptors (Lipinski definition) is 4. The summed E-state index contributed by atoms with van der Waals surface area (Å²) >= 11 is 0. The van der Waals surface area contributed by atoms with Gasteiger partial charge in [0.1, 0.15) is 10.7 Å². The molecule has 0 spiro atoms. The second kappa shape index (κ2) is 6.51. The van der Waals surface area contributed by atoms with Crippen LogP contribution in [0, 0.1) is 5.82 Å². The van der Waals surface area contributed by atoms with Gasteiger partial charge in [-0.2, -0.15) is 0 Å². The lowest BCUT2D eigenvalue weighted by molar-refractivity contribution is 0.334. The molecule has 0 radical (unpaired) electrons. The number of para-hydroxylation sites is 1. The molecular formula is C13H20FN3O2S. The molecule has 0 aliphatic carbocycles. The number of nitrogens with one attached hydrogen (secondary N) is 1. The van der Waals surface area contributed by atoms with Crippen molar-refractivity contribution < 1.29 is 12.8 Å². The number of hydrogen-bond donors (Lipinski definition) is 2. The number of nitrogens with two attached hydrogens (primary N) is 1. The van der Waals surface area contributed by atoms with Crippen molar-refractivity contribution in [3.05, 3.63) is 24.0 Å². The normalized spacial score (nSPS) is 16.6. The number of benzene rings is 1. The molecule has 0 unspecified atom stereocenters. The lowest BCUT2D eigenvalue weighted by Crippen LogP contribution is -2.29. The van der Waals surface area contributed by atoms with E-state index < -0.39 is 15.8 Å². The van der Waals surface area contributed by atoms with Gasteiger partial charge in [-0.1, -0.05) is 6.07 Å². The molecule has 1 aromatic rings. The first-order valence-corrected chi connectivity index (χ1v) is 8.25. The number of nitrogen functional groups attached to an aromatic ring is 1. The van der Waals surface area contributed by atoms with Gasteiger partial charge in [0.2, 0.25) is 10.0 Å². The van der Waals surface area contributed by atoms with E-state index in [1.165, 1.54) is 25.0 Å². The summed E-state index contributed by atoms with van der Waals surface area (Å²) in [5, 5.41) is 0. The van der Waals surface area contributed by atoms with E-state index in [1.54, 1.807) is 0 Å². The molecule has 0 aromatic heterocycles. The van der Waals surface area contributed by atoms with Gasteiger partial charge in [0.25, 0.3) is 0 Å². The van der Waals surface area contributed by atoms with Crippen LogP contribution in [0.3, 0.4) is 0 Å². The Kier molecular flexibility index (Phi) is 4.95. The van der Waals surface area contributed by atoms with Gasteiger partial charge in [-0.25, -0.2) is 17.5 Å². The van der Waals surface area contributed by atoms with E-state index in [0.29, 0.717) is 6.54 Å². The summed E-state index contributed by atoms with van der Waals surface area (Å²) in [6.45, 7) is 3.38. The molecule has 3 N–H and O–H groups in total. The van der Waals surface area contributed by atoms with Crippen LogP contribution in [0.5, 0.6) is 0 Å². The van der Waals surface area contributed by atoms with E-state index >= 15 is 0 Å². The molecule has 1 aliphatic heterocycles. The first-order chi connectivity index (χ1) is 9.50. The largest absolute Gasteiger partial charge is 0.395 e. The topological polar surface area (TPSA) is 75.4 Å². The second-order valence-corrected chi connectivity index (χ2v) is 6.69. The van der Waals surface area contributed by atoms with Crippen LogP contribution in [0.2, 0.25) is 0 Å². The third-order valence-electron chi connectivity index (χ3n) is 3.44. The molecule has 0 amide bonds. The van der Waals surface area contributed by atoms with Crippen LogP contribution in [0.15, 0.2) is 23.1 Å². The maximum Gasteiger partial charge on any atom is 0.242 e. The molecule has 0 saturated carbocycles. The van der Waals surface area contributed by atoms with Crippen LogP contribution in [-0.2, 0) is 10.0 Å². The average Bonchev–Trinajstić information content (AvgIpc) is 2.91. The summed E-state index contributed by atoms with van der Waals surface area (Å²) in [6, 6.07) is 3.79. The van der Waals surface area contributed by atoms with Gasteiger partial charge >= 0.3 is 0 Å². The Bertz CT molecular complexity index is 557. The van der Waals surface area contributed by atoms with E-state index in [-0.39, 0.29) is 10.6 Å². The van der Waals surface area contributed by atoms with Crippen LogP contribution in [-0.4, -0.2) is 39.5 Å². The van der Waals surface area contributed by atoms with Crippen molar-refractivity contribution in [1.82, 2.24) is 9.62 Å². The lowest BCUT2D eigenvalue weighted by Gasteiger charge is -2.14. The Labute approximate surface area is 119 Å². The Morgan fingerprint density at radius 2 is 2.00 bits per heavy atom. The summed E-state index contributed by atoms with van der Waals surface area (Å²) in [5.41, 5.74) is 5.14. The summed E-state index contributed by atoms with van der Waals surface area (Å²) in [6.07, 6.45) is 3.16. The maximum atomic E-state index is 13.3. The SMILES string of the molecule is Nc1c(F)cccc1S(=O)(=O)NCCCN1CCCC1. The number of anilines is 1. The first kappa shape index (κ1) is 15.2. The minimum Gasteiger partial charge on any atom is -0.395 e. The monoisotopic (exact) mass is 301 g/mol. The molecule has 1 heterocycles. The first-order valence-electron chi connectivity index (χ1n) is 6.77. The molecule has 1 aliphatic rings. The van der Waals surface area contributed by atoms with Gasteiger partial charge in [0.05, 0.1) is 5.69 Å². The lowest BCUT2D eigenvalue weighted by atomic mass is 10.3. The van der Waals surface area contributed by atoms with Crippen molar-refractivity contribution in [3.63, 3.8) is 0 Å². The highest BCUT2D eigenvalue weighted by atomic mass is 32.2. The van der Waals surface area contributed by atoms with E-state index in [4.69, 9.17) is 5.73 Å². The number of halogens is 1. The van der Waals surface area contributed by atoms with Crippen molar-refractivity contribution in [3.8, 4) is 0 Å². The van der Waals surface area contributed by atoms with Crippen molar-refractivity contribution in [2.45, 2.75) is 24.2 Å². The highest BCUT2D eigenvalue weighted by molar-refractivity contribution is 7.89. The van der Waals surface area contributed by atoms with Gasteiger partial charge in [0, 0.05) is 6.54 Å². The quantitative estimate of drug-likeness (QED) is 0.611. The number of rotatable bonds is 6. The summed E-state index contributed by atoms with van der Waals surface area (Å²) < 4.78 is 39.8. The van der Waals surface area contributed by atoms with Crippen LogP contribution >= 0.6 is 0 Å². The molecule has 20 heavy (non-hydrogen) atoms. The van der Waals surface area contributed by atoms with Gasteiger partial charge < -0.3 is 10.6 Å². The predicted octanol–water partition coefficient (Wildman–Crippen LogP) is 1.17. The Hall–Kier alpha value is -1.18. The number of sulfonamides is 1. The highest BCUT2D eigenvalue weighted by Gasteiger charge is 2.19. The van der Waals surface area contributed by atoms with E-state index in [0.717, 1.165) is 32.1 Å². The molecule has 7 heteroatoms. The fraction of sp³-hybridized carbons (Fsp3) is 0.538. The fourth-order valence-electron chi connectivity index (χ4n) is 2.34. The van der Waals surface area contributed by atoms with Crippen LogP contribution in [0.4, 0.5) is 10.1 Å². The molecule has 0 bridgehead atoms. The van der Waals surface area contributed by atoms with Crippen molar-refractivity contribution in [2.75, 3.05) is 31.9 Å². The van der Waals surface area contributed by atoms with Crippen molar-refractivity contribution in [1.29, 1.82) is 0 Å². The van der Waals surface area contributed by atoms with E-state index in [9.17, 15) is 12.8 Å². The van der Waals surface area contributed by atoms with Crippen molar-refractivity contribution >= 4 is 15.7 Å². The Morgan fingerprint density at radius 3 is 2.70 bits per heavy atom. The number of likely N-dealkylation sites (tertiary alicyclic amines) is 1. The smallest absolute Gasteiger partial charge is 0.242 e. The summed E-state index contributed by atoms with van der Waals surface area (Å²) in [5.74, 6) is -0.718. The molecule has 1 fully saturated rings. The third kappa shape index (κ3) is 3.68. The molecular weight excluding hydrogens is 281 g/mol. The molecule has 112 valence electrons. The third-order valence-corrected chi connectivity index (χ3v) is 4.96. The predicted molar refractivity (Wildman–Crippen MR) is 76.3 cm³/mol. The molecule has 1 saturated heterocycles. The standard InChI is InChI=1S/C13H20FN3O2S/c14-11-5-3-6-12(13(11)15)20(18,19)16-7-4-10-17-8-1-2-9-17/h3,5-6,16H,1-2,4,7-10,15H2. The second-order valence-electron chi connectivity index (χ2n) is 4.95. The highest BCUT2D eigenvalue weighted by Crippen LogP contribution is 2.20. The fourth-order valence-corrected chi connectivity index (χ4v) is 3.56. The van der Waals surface area contributed by atoms with E-state index in [1.807, 2.05) is 0 Å². The maximum absolute atomic E-state index is 13.3. The average molecular weight is 301 g/mol. The van der Waals surface area contributed by atoms with Crippen LogP contribution in [0.1, 0.15) is 19.3 Å². The van der Waals surface area contributed by atoms with Gasteiger partial charge in [-0.3, -0.25) is 0 Å². The Morgan fingerprint density at radius 1 is 1.30 bits per heavy atom. The molecule has 5 nitrogen and oxygen atoms in total. The zero-order valence-corrected chi connectivity index (χ0v) is 12.1. The Balaban J connectivity index is 1.88. The molecule has 0 atom stereocenters. The van der Waals surface area contributed by atoms with E-state index in [2.05, 4.69) is 9.62 Å². The minimum atomic E-state index is -3.74. The summed E-state index contributed by atoms with van der Waals surface area (Å²) in [4.78, 5) is 2.11. The van der Waals surface area contributed by atoms with Gasteiger partial charge in [-0.05, 0) is 51.0 Å². The van der Waals surface area contributed by atoms with Crippen molar-refractivity contribution in [2.24, 2.45) is 0 Å². The molecule has 1 aromatic carbocycles.